The smallest absolute Gasteiger partial charge is 0.355 e. The molecule has 3 aromatic rings. The van der Waals surface area contributed by atoms with Gasteiger partial charge in [0.05, 0.1) is 11.3 Å². The van der Waals surface area contributed by atoms with Crippen LogP contribution >= 0.6 is 23.2 Å². The van der Waals surface area contributed by atoms with Gasteiger partial charge in [-0.3, -0.25) is 9.48 Å². The van der Waals surface area contributed by atoms with Crippen LogP contribution in [0.4, 0.5) is 30.4 Å². The lowest BCUT2D eigenvalue weighted by atomic mass is 10.1. The Labute approximate surface area is 168 Å². The number of amides is 1. The molecule has 1 amide bonds. The molecule has 0 saturated heterocycles. The van der Waals surface area contributed by atoms with E-state index in [2.05, 4.69) is 15.7 Å². The Morgan fingerprint density at radius 2 is 1.71 bits per heavy atom. The quantitative estimate of drug-likeness (QED) is 0.556. The third kappa shape index (κ3) is 4.23. The minimum Gasteiger partial charge on any atom is -0.355 e. The minimum atomic E-state index is -4.73. The average molecular weight is 429 g/mol. The minimum absolute atomic E-state index is 0.211. The molecule has 0 unspecified atom stereocenters. The van der Waals surface area contributed by atoms with E-state index in [0.717, 1.165) is 4.68 Å². The highest BCUT2D eigenvalue weighted by atomic mass is 35.5. The molecule has 5 nitrogen and oxygen atoms in total. The second-order valence-corrected chi connectivity index (χ2v) is 6.58. The number of carbonyl (C=O) groups excluding carboxylic acids is 1. The fourth-order valence-corrected chi connectivity index (χ4v) is 2.91. The maximum absolute atomic E-state index is 12.9. The van der Waals surface area contributed by atoms with Crippen molar-refractivity contribution in [3.63, 3.8) is 0 Å². The van der Waals surface area contributed by atoms with Gasteiger partial charge in [0.25, 0.3) is 5.91 Å². The third-order valence-electron chi connectivity index (χ3n) is 3.78. The SMILES string of the molecule is Cn1nc(C(F)(F)F)c(Cl)c1NC(=O)c1ccccc1Nc1ccc(Cl)cc1. The van der Waals surface area contributed by atoms with Gasteiger partial charge >= 0.3 is 6.18 Å². The van der Waals surface area contributed by atoms with Crippen LogP contribution in [-0.4, -0.2) is 15.7 Å². The molecule has 2 aromatic carbocycles. The molecule has 3 rings (SSSR count). The lowest BCUT2D eigenvalue weighted by Gasteiger charge is -2.13. The van der Waals surface area contributed by atoms with Crippen molar-refractivity contribution in [2.75, 3.05) is 10.6 Å². The van der Waals surface area contributed by atoms with Crippen LogP contribution in [0.5, 0.6) is 0 Å². The van der Waals surface area contributed by atoms with Crippen molar-refractivity contribution < 1.29 is 18.0 Å². The molecule has 1 aromatic heterocycles. The van der Waals surface area contributed by atoms with Gasteiger partial charge in [0.15, 0.2) is 11.5 Å². The van der Waals surface area contributed by atoms with E-state index in [9.17, 15) is 18.0 Å². The summed E-state index contributed by atoms with van der Waals surface area (Å²) in [5, 5.41) is 8.69. The number of nitrogens with zero attached hydrogens (tertiary/aromatic N) is 2. The number of rotatable bonds is 4. The average Bonchev–Trinajstić information content (AvgIpc) is 2.92. The zero-order chi connectivity index (χ0) is 20.5. The summed E-state index contributed by atoms with van der Waals surface area (Å²) < 4.78 is 39.7. The van der Waals surface area contributed by atoms with E-state index in [1.807, 2.05) is 0 Å². The van der Waals surface area contributed by atoms with Crippen LogP contribution in [0.15, 0.2) is 48.5 Å². The summed E-state index contributed by atoms with van der Waals surface area (Å²) >= 11 is 11.6. The Morgan fingerprint density at radius 1 is 1.07 bits per heavy atom. The standard InChI is InChI=1S/C18H13Cl2F3N4O/c1-27-16(14(20)15(26-27)18(21,22)23)25-17(28)12-4-2-3-5-13(12)24-11-8-6-10(19)7-9-11/h2-9,24H,1H3,(H,25,28). The van der Waals surface area contributed by atoms with Gasteiger partial charge in [-0.25, -0.2) is 0 Å². The van der Waals surface area contributed by atoms with Crippen molar-refractivity contribution >= 4 is 46.3 Å². The molecule has 146 valence electrons. The van der Waals surface area contributed by atoms with E-state index >= 15 is 0 Å². The number of aryl methyl sites for hydroxylation is 1. The highest BCUT2D eigenvalue weighted by Crippen LogP contribution is 2.37. The lowest BCUT2D eigenvalue weighted by Crippen LogP contribution is -2.16. The van der Waals surface area contributed by atoms with Gasteiger partial charge in [0, 0.05) is 17.8 Å². The zero-order valence-corrected chi connectivity index (χ0v) is 15.8. The van der Waals surface area contributed by atoms with Crippen LogP contribution in [0, 0.1) is 0 Å². The molecule has 28 heavy (non-hydrogen) atoms. The van der Waals surface area contributed by atoms with E-state index < -0.39 is 22.8 Å². The molecule has 0 aliphatic heterocycles. The summed E-state index contributed by atoms with van der Waals surface area (Å²) in [5.74, 6) is -0.893. The monoisotopic (exact) mass is 428 g/mol. The number of halogens is 5. The molecule has 0 atom stereocenters. The van der Waals surface area contributed by atoms with Crippen LogP contribution < -0.4 is 10.6 Å². The number of para-hydroxylation sites is 1. The second-order valence-electron chi connectivity index (χ2n) is 5.76. The van der Waals surface area contributed by atoms with Gasteiger partial charge in [0.2, 0.25) is 0 Å². The Morgan fingerprint density at radius 3 is 2.32 bits per heavy atom. The molecule has 0 fully saturated rings. The van der Waals surface area contributed by atoms with Gasteiger partial charge in [0.1, 0.15) is 5.02 Å². The number of nitrogens with one attached hydrogen (secondary N) is 2. The van der Waals surface area contributed by atoms with Crippen LogP contribution in [0.25, 0.3) is 0 Å². The molecule has 0 bridgehead atoms. The molecule has 0 aliphatic rings. The first-order chi connectivity index (χ1) is 13.2. The second kappa shape index (κ2) is 7.73. The largest absolute Gasteiger partial charge is 0.436 e. The Bertz CT molecular complexity index is 1020. The number of alkyl halides is 3. The van der Waals surface area contributed by atoms with Gasteiger partial charge < -0.3 is 10.6 Å². The van der Waals surface area contributed by atoms with Crippen molar-refractivity contribution in [1.82, 2.24) is 9.78 Å². The topological polar surface area (TPSA) is 59.0 Å². The number of benzene rings is 2. The zero-order valence-electron chi connectivity index (χ0n) is 14.3. The molecule has 0 aliphatic carbocycles. The highest BCUT2D eigenvalue weighted by molar-refractivity contribution is 6.34. The van der Waals surface area contributed by atoms with E-state index in [1.165, 1.54) is 13.1 Å². The van der Waals surface area contributed by atoms with Crippen LogP contribution in [0.3, 0.4) is 0 Å². The Balaban J connectivity index is 1.88. The first-order valence-corrected chi connectivity index (χ1v) is 8.65. The van der Waals surface area contributed by atoms with E-state index in [0.29, 0.717) is 16.4 Å². The van der Waals surface area contributed by atoms with Gasteiger partial charge in [-0.1, -0.05) is 35.3 Å². The van der Waals surface area contributed by atoms with Crippen LogP contribution in [0.1, 0.15) is 16.1 Å². The first kappa shape index (κ1) is 20.0. The fraction of sp³-hybridized carbons (Fsp3) is 0.111. The highest BCUT2D eigenvalue weighted by Gasteiger charge is 2.39. The fourth-order valence-electron chi connectivity index (χ4n) is 2.47. The molecular formula is C18H13Cl2F3N4O. The van der Waals surface area contributed by atoms with Gasteiger partial charge in [-0.15, -0.1) is 0 Å². The molecule has 0 spiro atoms. The summed E-state index contributed by atoms with van der Waals surface area (Å²) in [7, 11) is 1.26. The number of aromatic nitrogens is 2. The maximum Gasteiger partial charge on any atom is 0.436 e. The maximum atomic E-state index is 12.9. The summed E-state index contributed by atoms with van der Waals surface area (Å²) in [5.41, 5.74) is 0.0852. The Kier molecular flexibility index (Phi) is 5.53. The van der Waals surface area contributed by atoms with Gasteiger partial charge in [-0.2, -0.15) is 18.3 Å². The number of hydrogen-bond donors (Lipinski definition) is 2. The van der Waals surface area contributed by atoms with E-state index in [-0.39, 0.29) is 11.4 Å². The molecule has 10 heteroatoms. The molecule has 0 radical (unpaired) electrons. The molecule has 0 saturated carbocycles. The van der Waals surface area contributed by atoms with Crippen LogP contribution in [-0.2, 0) is 13.2 Å². The number of carbonyl (C=O) groups is 1. The van der Waals surface area contributed by atoms with Crippen molar-refractivity contribution in [3.05, 3.63) is 69.8 Å². The van der Waals surface area contributed by atoms with Crippen molar-refractivity contribution in [2.45, 2.75) is 6.18 Å². The van der Waals surface area contributed by atoms with Crippen molar-refractivity contribution in [3.8, 4) is 0 Å². The summed E-state index contributed by atoms with van der Waals surface area (Å²) in [6, 6.07) is 13.4. The summed E-state index contributed by atoms with van der Waals surface area (Å²) in [4.78, 5) is 12.7. The predicted molar refractivity (Wildman–Crippen MR) is 102 cm³/mol. The molecule has 1 heterocycles. The van der Waals surface area contributed by atoms with Gasteiger partial charge in [-0.05, 0) is 36.4 Å². The third-order valence-corrected chi connectivity index (χ3v) is 4.39. The van der Waals surface area contributed by atoms with Crippen molar-refractivity contribution in [1.29, 1.82) is 0 Å². The van der Waals surface area contributed by atoms with E-state index in [1.54, 1.807) is 42.5 Å². The van der Waals surface area contributed by atoms with Crippen molar-refractivity contribution in [2.24, 2.45) is 7.05 Å². The predicted octanol–water partition coefficient (Wildman–Crippen LogP) is 5.74. The normalized spacial score (nSPS) is 11.4. The van der Waals surface area contributed by atoms with Crippen LogP contribution in [0.2, 0.25) is 10.0 Å². The number of hydrogen-bond acceptors (Lipinski definition) is 3. The molecular weight excluding hydrogens is 416 g/mol. The summed E-state index contributed by atoms with van der Waals surface area (Å²) in [6.45, 7) is 0. The summed E-state index contributed by atoms with van der Waals surface area (Å²) in [6.07, 6.45) is -4.73. The lowest BCUT2D eigenvalue weighted by molar-refractivity contribution is -0.141. The molecule has 2 N–H and O–H groups in total. The Hall–Kier alpha value is -2.71. The first-order valence-electron chi connectivity index (χ1n) is 7.89. The number of anilines is 3. The van der Waals surface area contributed by atoms with E-state index in [4.69, 9.17) is 23.2 Å².